The highest BCUT2D eigenvalue weighted by atomic mass is 19.1. The fourth-order valence-electron chi connectivity index (χ4n) is 5.06. The van der Waals surface area contributed by atoms with Crippen LogP contribution in [0.1, 0.15) is 54.7 Å². The van der Waals surface area contributed by atoms with E-state index in [2.05, 4.69) is 15.6 Å². The second kappa shape index (κ2) is 12.6. The number of carboxylic acids is 1. The number of hydrogen-bond acceptors (Lipinski definition) is 7. The summed E-state index contributed by atoms with van der Waals surface area (Å²) < 4.78 is 32.1. The molecule has 0 aliphatic heterocycles. The summed E-state index contributed by atoms with van der Waals surface area (Å²) in [6, 6.07) is 19.8. The number of aromatic nitrogens is 1. The molecule has 44 heavy (non-hydrogen) atoms. The molecule has 0 atom stereocenters. The molecule has 1 heterocycles. The van der Waals surface area contributed by atoms with Crippen molar-refractivity contribution in [2.75, 3.05) is 25.1 Å². The maximum atomic E-state index is 15.6. The number of amides is 2. The summed E-state index contributed by atoms with van der Waals surface area (Å²) in [7, 11) is 0. The maximum Gasteiger partial charge on any atom is 0.411 e. The summed E-state index contributed by atoms with van der Waals surface area (Å²) in [5.41, 5.74) is 2.66. The molecule has 5 rings (SSSR count). The van der Waals surface area contributed by atoms with Crippen molar-refractivity contribution < 1.29 is 38.1 Å². The van der Waals surface area contributed by atoms with Crippen LogP contribution in [0.3, 0.4) is 0 Å². The highest BCUT2D eigenvalue weighted by Gasteiger charge is 2.29. The number of aromatic carboxylic acids is 1. The highest BCUT2D eigenvalue weighted by molar-refractivity contribution is 5.96. The summed E-state index contributed by atoms with van der Waals surface area (Å²) in [5.74, 6) is -2.39. The lowest BCUT2D eigenvalue weighted by Gasteiger charge is -2.19. The Morgan fingerprint density at radius 3 is 2.25 bits per heavy atom. The minimum absolute atomic E-state index is 0.0389. The number of pyridine rings is 1. The van der Waals surface area contributed by atoms with Crippen LogP contribution in [0.2, 0.25) is 0 Å². The molecule has 4 aromatic rings. The van der Waals surface area contributed by atoms with Crippen LogP contribution in [0.25, 0.3) is 22.0 Å². The molecule has 11 heteroatoms. The normalized spacial score (nSPS) is 12.3. The average Bonchev–Trinajstić information content (AvgIpc) is 3.30. The van der Waals surface area contributed by atoms with Gasteiger partial charge in [0.2, 0.25) is 0 Å². The Bertz CT molecular complexity index is 1690. The summed E-state index contributed by atoms with van der Waals surface area (Å²) in [4.78, 5) is 40.3. The Morgan fingerprint density at radius 2 is 1.61 bits per heavy atom. The van der Waals surface area contributed by atoms with Gasteiger partial charge in [-0.05, 0) is 61.6 Å². The van der Waals surface area contributed by atoms with Crippen LogP contribution in [0.15, 0.2) is 66.7 Å². The molecule has 3 aromatic carbocycles. The van der Waals surface area contributed by atoms with E-state index in [9.17, 15) is 19.5 Å². The molecule has 0 saturated heterocycles. The van der Waals surface area contributed by atoms with Crippen LogP contribution >= 0.6 is 0 Å². The van der Waals surface area contributed by atoms with Gasteiger partial charge in [0.1, 0.15) is 23.5 Å². The van der Waals surface area contributed by atoms with Crippen LogP contribution in [0, 0.1) is 5.82 Å². The third-order valence-electron chi connectivity index (χ3n) is 6.93. The van der Waals surface area contributed by atoms with Gasteiger partial charge in [0, 0.05) is 23.9 Å². The van der Waals surface area contributed by atoms with Crippen molar-refractivity contribution >= 4 is 34.7 Å². The highest BCUT2D eigenvalue weighted by Crippen LogP contribution is 2.44. The van der Waals surface area contributed by atoms with Crippen LogP contribution < -0.4 is 15.4 Å². The van der Waals surface area contributed by atoms with Crippen molar-refractivity contribution in [3.63, 3.8) is 0 Å². The van der Waals surface area contributed by atoms with Crippen molar-refractivity contribution in [3.05, 3.63) is 89.4 Å². The van der Waals surface area contributed by atoms with Gasteiger partial charge in [-0.2, -0.15) is 0 Å². The number of hydrogen-bond donors (Lipinski definition) is 3. The molecule has 0 spiro atoms. The minimum Gasteiger partial charge on any atom is -0.493 e. The molecule has 10 nitrogen and oxygen atoms in total. The largest absolute Gasteiger partial charge is 0.493 e. The van der Waals surface area contributed by atoms with Gasteiger partial charge < -0.3 is 24.6 Å². The smallest absolute Gasteiger partial charge is 0.411 e. The van der Waals surface area contributed by atoms with Crippen LogP contribution in [0.4, 0.5) is 19.7 Å². The average molecular weight is 602 g/mol. The zero-order valence-electron chi connectivity index (χ0n) is 24.5. The van der Waals surface area contributed by atoms with E-state index in [-0.39, 0.29) is 48.0 Å². The lowest BCUT2D eigenvalue weighted by Crippen LogP contribution is -2.33. The van der Waals surface area contributed by atoms with E-state index in [0.29, 0.717) is 6.42 Å². The first kappa shape index (κ1) is 30.3. The molecule has 3 N–H and O–H groups in total. The first-order valence-corrected chi connectivity index (χ1v) is 14.1. The number of carbonyl (C=O) groups excluding carboxylic acids is 2. The van der Waals surface area contributed by atoms with E-state index in [0.717, 1.165) is 22.3 Å². The SMILES string of the molecule is CC(C)(C)OC(=O)NCCCOc1cc(C(=O)O)nc2c(F)c(NC(=O)OCC3c4ccccc4-c4ccccc43)ccc12. The lowest BCUT2D eigenvalue weighted by atomic mass is 9.98. The fourth-order valence-corrected chi connectivity index (χ4v) is 5.06. The second-order valence-electron chi connectivity index (χ2n) is 11.2. The molecule has 0 bridgehead atoms. The van der Waals surface area contributed by atoms with E-state index < -0.39 is 35.3 Å². The Morgan fingerprint density at radius 1 is 0.955 bits per heavy atom. The van der Waals surface area contributed by atoms with E-state index in [4.69, 9.17) is 14.2 Å². The number of alkyl carbamates (subject to hydrolysis) is 1. The molecule has 0 fully saturated rings. The summed E-state index contributed by atoms with van der Waals surface area (Å²) in [6.07, 6.45) is -1.07. The first-order valence-electron chi connectivity index (χ1n) is 14.1. The Labute approximate surface area is 253 Å². The van der Waals surface area contributed by atoms with Gasteiger partial charge in [-0.15, -0.1) is 0 Å². The van der Waals surface area contributed by atoms with Crippen LogP contribution in [-0.4, -0.2) is 53.6 Å². The van der Waals surface area contributed by atoms with Gasteiger partial charge in [-0.1, -0.05) is 48.5 Å². The monoisotopic (exact) mass is 601 g/mol. The van der Waals surface area contributed by atoms with Crippen molar-refractivity contribution in [1.29, 1.82) is 0 Å². The number of rotatable bonds is 9. The van der Waals surface area contributed by atoms with Gasteiger partial charge >= 0.3 is 18.2 Å². The van der Waals surface area contributed by atoms with Crippen LogP contribution in [0.5, 0.6) is 5.75 Å². The molecular formula is C33H32FN3O7. The number of benzene rings is 3. The summed E-state index contributed by atoms with van der Waals surface area (Å²) >= 11 is 0. The quantitative estimate of drug-likeness (QED) is 0.180. The first-order chi connectivity index (χ1) is 21.0. The van der Waals surface area contributed by atoms with Crippen molar-refractivity contribution in [3.8, 4) is 16.9 Å². The predicted molar refractivity (Wildman–Crippen MR) is 162 cm³/mol. The van der Waals surface area contributed by atoms with Crippen molar-refractivity contribution in [2.45, 2.75) is 38.7 Å². The fraction of sp³-hybridized carbons (Fsp3) is 0.273. The maximum absolute atomic E-state index is 15.6. The standard InChI is InChI=1S/C33H32FN3O7/c1-33(2,3)44-31(40)35-15-8-16-42-27-17-26(30(38)39)36-29-23(27)13-14-25(28(29)34)37-32(41)43-18-24-21-11-6-4-9-19(21)20-10-5-7-12-22(20)24/h4-7,9-14,17,24H,8,15-16,18H2,1-3H3,(H,35,40)(H,37,41)(H,38,39). The summed E-state index contributed by atoms with van der Waals surface area (Å²) in [5, 5.41) is 14.8. The number of nitrogens with one attached hydrogen (secondary N) is 2. The third-order valence-corrected chi connectivity index (χ3v) is 6.93. The zero-order chi connectivity index (χ0) is 31.4. The molecule has 0 unspecified atom stereocenters. The van der Waals surface area contributed by atoms with Gasteiger partial charge in [0.05, 0.1) is 12.3 Å². The lowest BCUT2D eigenvalue weighted by molar-refractivity contribution is 0.0524. The molecular weight excluding hydrogens is 569 g/mol. The molecule has 2 amide bonds. The minimum atomic E-state index is -1.38. The number of nitrogens with zero attached hydrogens (tertiary/aromatic N) is 1. The van der Waals surface area contributed by atoms with Gasteiger partial charge in [-0.25, -0.2) is 23.8 Å². The molecule has 1 aromatic heterocycles. The molecule has 1 aliphatic rings. The number of ether oxygens (including phenoxy) is 3. The number of fused-ring (bicyclic) bond motifs is 4. The van der Waals surface area contributed by atoms with Crippen molar-refractivity contribution in [1.82, 2.24) is 10.3 Å². The Balaban J connectivity index is 1.26. The van der Waals surface area contributed by atoms with E-state index >= 15 is 4.39 Å². The number of carbonyl (C=O) groups is 3. The topological polar surface area (TPSA) is 136 Å². The van der Waals surface area contributed by atoms with Crippen molar-refractivity contribution in [2.24, 2.45) is 0 Å². The molecule has 228 valence electrons. The second-order valence-corrected chi connectivity index (χ2v) is 11.2. The third kappa shape index (κ3) is 6.72. The number of anilines is 1. The zero-order valence-corrected chi connectivity index (χ0v) is 24.5. The van der Waals surface area contributed by atoms with Crippen LogP contribution in [-0.2, 0) is 9.47 Å². The molecule has 0 radical (unpaired) electrons. The predicted octanol–water partition coefficient (Wildman–Crippen LogP) is 6.73. The van der Waals surface area contributed by atoms with E-state index in [1.165, 1.54) is 18.2 Å². The molecule has 1 aliphatic carbocycles. The van der Waals surface area contributed by atoms with E-state index in [1.54, 1.807) is 20.8 Å². The van der Waals surface area contributed by atoms with Gasteiger partial charge in [-0.3, -0.25) is 5.32 Å². The Hall–Kier alpha value is -5.19. The van der Waals surface area contributed by atoms with E-state index in [1.807, 2.05) is 48.5 Å². The molecule has 0 saturated carbocycles. The van der Waals surface area contributed by atoms with Gasteiger partial charge in [0.25, 0.3) is 0 Å². The van der Waals surface area contributed by atoms with Gasteiger partial charge in [0.15, 0.2) is 11.5 Å². The summed E-state index contributed by atoms with van der Waals surface area (Å²) in [6.45, 7) is 5.63. The Kier molecular flexibility index (Phi) is 8.66. The number of carboxylic acid groups (broad SMARTS) is 1. The number of halogens is 1.